The molecule has 0 aliphatic rings. The van der Waals surface area contributed by atoms with Gasteiger partial charge in [0.15, 0.2) is 0 Å². The second-order valence-corrected chi connectivity index (χ2v) is 2.91. The molecule has 0 amide bonds. The molecule has 5 heteroatoms. The summed E-state index contributed by atoms with van der Waals surface area (Å²) in [4.78, 5) is 23.3. The topological polar surface area (TPSA) is 60.7 Å². The van der Waals surface area contributed by atoms with Gasteiger partial charge in [-0.2, -0.15) is 0 Å². The molecule has 6 heavy (non-hydrogen) atoms. The summed E-state index contributed by atoms with van der Waals surface area (Å²) < 4.78 is 0. The summed E-state index contributed by atoms with van der Waals surface area (Å²) in [6.45, 7) is 0.993. The van der Waals surface area contributed by atoms with Crippen LogP contribution in [0.25, 0.3) is 0 Å². The molecule has 0 rings (SSSR count). The fourth-order valence-electron chi connectivity index (χ4n) is 0. The molecule has 0 saturated heterocycles. The third-order valence-electron chi connectivity index (χ3n) is 0. The standard InChI is InChI=1S/CH7O3P.Fe/c1-5(2,3)4;/h2-5H,1H3;. The molecule has 0 heterocycles. The molecule has 42 valence electrons. The van der Waals surface area contributed by atoms with Gasteiger partial charge in [-0.25, -0.2) is 0 Å². The van der Waals surface area contributed by atoms with Gasteiger partial charge in [0.05, 0.1) is 0 Å². The number of hydrogen-bond acceptors (Lipinski definition) is 3. The summed E-state index contributed by atoms with van der Waals surface area (Å²) in [6.07, 6.45) is 0. The van der Waals surface area contributed by atoms with Crippen molar-refractivity contribution in [1.29, 1.82) is 0 Å². The van der Waals surface area contributed by atoms with Crippen LogP contribution in [-0.4, -0.2) is 21.3 Å². The average molecular weight is 154 g/mol. The maximum atomic E-state index is 7.77. The van der Waals surface area contributed by atoms with Gasteiger partial charge in [-0.3, -0.25) is 0 Å². The van der Waals surface area contributed by atoms with Gasteiger partial charge in [0.1, 0.15) is 0 Å². The van der Waals surface area contributed by atoms with Crippen LogP contribution in [-0.2, 0) is 17.1 Å². The summed E-state index contributed by atoms with van der Waals surface area (Å²) in [7, 11) is -3.61. The molecule has 0 aliphatic heterocycles. The maximum Gasteiger partial charge on any atom is 0 e. The Morgan fingerprint density at radius 2 is 1.17 bits per heavy atom. The van der Waals surface area contributed by atoms with Gasteiger partial charge in [-0.1, -0.05) is 0 Å². The van der Waals surface area contributed by atoms with Crippen LogP contribution in [0.4, 0.5) is 0 Å². The van der Waals surface area contributed by atoms with E-state index in [1.807, 2.05) is 0 Å². The van der Waals surface area contributed by atoms with E-state index in [1.165, 1.54) is 0 Å². The van der Waals surface area contributed by atoms with Crippen molar-refractivity contribution < 1.29 is 31.7 Å². The Hall–Kier alpha value is 0.829. The van der Waals surface area contributed by atoms with E-state index in [-0.39, 0.29) is 17.1 Å². The molecule has 0 bridgehead atoms. The van der Waals surface area contributed by atoms with Gasteiger partial charge in [0.2, 0.25) is 0 Å². The van der Waals surface area contributed by atoms with E-state index in [0.717, 1.165) is 6.66 Å². The average Bonchev–Trinajstić information content (AvgIpc) is 0.722. The Morgan fingerprint density at radius 3 is 1.17 bits per heavy atom. The van der Waals surface area contributed by atoms with E-state index in [2.05, 4.69) is 0 Å². The maximum absolute atomic E-state index is 7.77. The van der Waals surface area contributed by atoms with E-state index in [9.17, 15) is 0 Å². The Balaban J connectivity index is 0. The van der Waals surface area contributed by atoms with Crippen molar-refractivity contribution in [2.75, 3.05) is 6.66 Å². The zero-order valence-corrected chi connectivity index (χ0v) is 5.30. The van der Waals surface area contributed by atoms with Crippen LogP contribution in [0.15, 0.2) is 0 Å². The molecule has 3 nitrogen and oxygen atoms in total. The molecule has 0 atom stereocenters. The Morgan fingerprint density at radius 1 is 1.17 bits per heavy atom. The van der Waals surface area contributed by atoms with E-state index in [0.29, 0.717) is 0 Å². The van der Waals surface area contributed by atoms with Crippen molar-refractivity contribution >= 4 is 7.94 Å². The largest absolute Gasteiger partial charge is 0 e. The molecular formula is CH7FeO3P. The SMILES string of the molecule is C[PH](O)(O)O.[Fe]. The van der Waals surface area contributed by atoms with Crippen LogP contribution in [0, 0.1) is 0 Å². The second kappa shape index (κ2) is 2.92. The molecule has 0 saturated carbocycles. The molecule has 0 radical (unpaired) electrons. The third-order valence-corrected chi connectivity index (χ3v) is 0. The first-order chi connectivity index (χ1) is 2.00. The molecule has 0 fully saturated rings. The van der Waals surface area contributed by atoms with Gasteiger partial charge in [-0.15, -0.1) is 0 Å². The van der Waals surface area contributed by atoms with Crippen molar-refractivity contribution in [2.24, 2.45) is 0 Å². The van der Waals surface area contributed by atoms with Crippen LogP contribution in [0.1, 0.15) is 0 Å². The van der Waals surface area contributed by atoms with Crippen molar-refractivity contribution in [3.05, 3.63) is 0 Å². The molecule has 0 unspecified atom stereocenters. The molecule has 0 aromatic carbocycles. The van der Waals surface area contributed by atoms with Gasteiger partial charge < -0.3 is 0 Å². The third kappa shape index (κ3) is 103. The molecular weight excluding hydrogens is 147 g/mol. The minimum Gasteiger partial charge on any atom is 0 e. The number of hydrogen-bond donors (Lipinski definition) is 3. The van der Waals surface area contributed by atoms with Gasteiger partial charge in [0, 0.05) is 17.1 Å². The summed E-state index contributed by atoms with van der Waals surface area (Å²) in [6, 6.07) is 0. The zero-order valence-electron chi connectivity index (χ0n) is 3.20. The summed E-state index contributed by atoms with van der Waals surface area (Å²) >= 11 is 0. The second-order valence-electron chi connectivity index (χ2n) is 0.971. The smallest absolute Gasteiger partial charge is 0 e. The first-order valence-corrected chi connectivity index (χ1v) is 3.51. The summed E-state index contributed by atoms with van der Waals surface area (Å²) in [5, 5.41) is 0. The van der Waals surface area contributed by atoms with Crippen LogP contribution >= 0.6 is 7.94 Å². The quantitative estimate of drug-likeness (QED) is 0.312. The predicted molar refractivity (Wildman–Crippen MR) is 20.9 cm³/mol. The van der Waals surface area contributed by atoms with Crippen molar-refractivity contribution in [3.8, 4) is 0 Å². The first-order valence-electron chi connectivity index (χ1n) is 1.17. The number of rotatable bonds is 0. The molecule has 3 N–H and O–H groups in total. The minimum atomic E-state index is -3.61. The first kappa shape index (κ1) is 9.95. The van der Waals surface area contributed by atoms with Crippen molar-refractivity contribution in [3.63, 3.8) is 0 Å². The summed E-state index contributed by atoms with van der Waals surface area (Å²) in [5.41, 5.74) is 0. The van der Waals surface area contributed by atoms with E-state index in [1.54, 1.807) is 0 Å². The zero-order chi connectivity index (χ0) is 4.50. The van der Waals surface area contributed by atoms with Crippen LogP contribution in [0.3, 0.4) is 0 Å². The molecule has 0 aromatic rings. The van der Waals surface area contributed by atoms with Crippen LogP contribution in [0.5, 0.6) is 0 Å². The molecule has 0 spiro atoms. The fourth-order valence-corrected chi connectivity index (χ4v) is 0. The van der Waals surface area contributed by atoms with Crippen LogP contribution < -0.4 is 0 Å². The van der Waals surface area contributed by atoms with E-state index < -0.39 is 7.94 Å². The normalized spacial score (nSPS) is 12.7. The van der Waals surface area contributed by atoms with Crippen molar-refractivity contribution in [2.45, 2.75) is 0 Å². The fraction of sp³-hybridized carbons (Fsp3) is 1.00. The minimum absolute atomic E-state index is 0. The monoisotopic (exact) mass is 154 g/mol. The van der Waals surface area contributed by atoms with E-state index in [4.69, 9.17) is 14.7 Å². The summed E-state index contributed by atoms with van der Waals surface area (Å²) in [5.74, 6) is 0. The van der Waals surface area contributed by atoms with Crippen molar-refractivity contribution in [1.82, 2.24) is 0 Å². The van der Waals surface area contributed by atoms with E-state index >= 15 is 0 Å². The molecule has 0 aliphatic carbocycles. The van der Waals surface area contributed by atoms with Gasteiger partial charge in [0.25, 0.3) is 0 Å². The van der Waals surface area contributed by atoms with Crippen LogP contribution in [0.2, 0.25) is 0 Å². The predicted octanol–water partition coefficient (Wildman–Crippen LogP) is -0.915. The van der Waals surface area contributed by atoms with Gasteiger partial charge >= 0.3 is 29.3 Å². The molecule has 0 aromatic heterocycles. The Labute approximate surface area is 47.1 Å². The van der Waals surface area contributed by atoms with Gasteiger partial charge in [-0.05, 0) is 0 Å². The Bertz CT molecular complexity index is 26.3. The Kier molecular flexibility index (Phi) is 4.83.